The van der Waals surface area contributed by atoms with Gasteiger partial charge in [0, 0.05) is 28.4 Å². The molecule has 1 N–H and O–H groups in total. The molecular weight excluding hydrogens is 414 g/mol. The molecule has 0 amide bonds. The number of carbonyl (C=O) groups excluding carboxylic acids is 1. The SMILES string of the molecule is CCC(C)/C(=C(\C(=O)c1ccc(C)s1)C(O)c1cccnc1)c1ccc(C(C)CC)cc1. The largest absolute Gasteiger partial charge is 0.383 e. The van der Waals surface area contributed by atoms with Crippen molar-refractivity contribution in [1.29, 1.82) is 0 Å². The molecule has 1 aromatic carbocycles. The van der Waals surface area contributed by atoms with E-state index >= 15 is 0 Å². The molecule has 0 radical (unpaired) electrons. The van der Waals surface area contributed by atoms with Crippen LogP contribution in [0.2, 0.25) is 0 Å². The Balaban J connectivity index is 2.23. The summed E-state index contributed by atoms with van der Waals surface area (Å²) in [5.41, 5.74) is 4.27. The van der Waals surface area contributed by atoms with E-state index in [0.29, 0.717) is 21.9 Å². The van der Waals surface area contributed by atoms with Crippen LogP contribution in [-0.2, 0) is 0 Å². The molecule has 168 valence electrons. The Morgan fingerprint density at radius 3 is 2.25 bits per heavy atom. The molecule has 0 fully saturated rings. The Kier molecular flexibility index (Phi) is 8.16. The summed E-state index contributed by atoms with van der Waals surface area (Å²) in [7, 11) is 0. The number of benzene rings is 1. The number of aromatic nitrogens is 1. The van der Waals surface area contributed by atoms with Crippen molar-refractivity contribution in [3.8, 4) is 0 Å². The van der Waals surface area contributed by atoms with Gasteiger partial charge in [0.1, 0.15) is 6.10 Å². The van der Waals surface area contributed by atoms with Crippen molar-refractivity contribution in [3.05, 3.63) is 92.9 Å². The monoisotopic (exact) mass is 447 g/mol. The lowest BCUT2D eigenvalue weighted by atomic mass is 9.82. The third-order valence-corrected chi connectivity index (χ3v) is 7.28. The number of ketones is 1. The topological polar surface area (TPSA) is 50.2 Å². The van der Waals surface area contributed by atoms with Gasteiger partial charge in [-0.2, -0.15) is 0 Å². The number of hydrogen-bond acceptors (Lipinski definition) is 4. The number of pyridine rings is 1. The van der Waals surface area contributed by atoms with Crippen LogP contribution in [0.1, 0.15) is 83.8 Å². The van der Waals surface area contributed by atoms with Gasteiger partial charge in [-0.05, 0) is 66.5 Å². The minimum Gasteiger partial charge on any atom is -0.383 e. The van der Waals surface area contributed by atoms with Crippen LogP contribution in [0.25, 0.3) is 5.57 Å². The van der Waals surface area contributed by atoms with Gasteiger partial charge in [-0.15, -0.1) is 11.3 Å². The molecule has 3 nitrogen and oxygen atoms in total. The lowest BCUT2D eigenvalue weighted by Gasteiger charge is -2.24. The van der Waals surface area contributed by atoms with Crippen molar-refractivity contribution in [2.45, 2.75) is 59.5 Å². The Bertz CT molecular complexity index is 1070. The molecule has 2 aromatic heterocycles. The summed E-state index contributed by atoms with van der Waals surface area (Å²) < 4.78 is 0. The molecule has 0 aliphatic heterocycles. The van der Waals surface area contributed by atoms with Crippen molar-refractivity contribution in [2.75, 3.05) is 0 Å². The number of aliphatic hydroxyl groups is 1. The van der Waals surface area contributed by atoms with Gasteiger partial charge >= 0.3 is 0 Å². The fraction of sp³-hybridized carbons (Fsp3) is 0.357. The summed E-state index contributed by atoms with van der Waals surface area (Å²) in [6.07, 6.45) is 4.21. The predicted molar refractivity (Wildman–Crippen MR) is 134 cm³/mol. The molecular formula is C28H33NO2S. The van der Waals surface area contributed by atoms with E-state index < -0.39 is 6.10 Å². The van der Waals surface area contributed by atoms with Crippen LogP contribution in [0.5, 0.6) is 0 Å². The molecule has 0 spiro atoms. The average Bonchev–Trinajstić information content (AvgIpc) is 3.27. The molecule has 3 aromatic rings. The van der Waals surface area contributed by atoms with Gasteiger partial charge in [0.25, 0.3) is 0 Å². The zero-order valence-electron chi connectivity index (χ0n) is 19.6. The average molecular weight is 448 g/mol. The molecule has 0 saturated heterocycles. The zero-order valence-corrected chi connectivity index (χ0v) is 20.4. The van der Waals surface area contributed by atoms with Crippen LogP contribution >= 0.6 is 11.3 Å². The van der Waals surface area contributed by atoms with Crippen molar-refractivity contribution >= 4 is 22.7 Å². The third kappa shape index (κ3) is 5.25. The van der Waals surface area contributed by atoms with E-state index in [4.69, 9.17) is 0 Å². The van der Waals surface area contributed by atoms with Crippen molar-refractivity contribution < 1.29 is 9.90 Å². The minimum atomic E-state index is -1.04. The number of thiophene rings is 1. The van der Waals surface area contributed by atoms with E-state index in [0.717, 1.165) is 28.9 Å². The fourth-order valence-electron chi connectivity index (χ4n) is 3.92. The molecule has 4 heteroatoms. The molecule has 0 aliphatic rings. The molecule has 32 heavy (non-hydrogen) atoms. The maximum atomic E-state index is 13.8. The quantitative estimate of drug-likeness (QED) is 0.275. The first-order chi connectivity index (χ1) is 15.4. The summed E-state index contributed by atoms with van der Waals surface area (Å²) >= 11 is 1.47. The van der Waals surface area contributed by atoms with E-state index in [9.17, 15) is 9.90 Å². The number of nitrogens with zero attached hydrogens (tertiary/aromatic N) is 1. The van der Waals surface area contributed by atoms with E-state index in [-0.39, 0.29) is 11.7 Å². The minimum absolute atomic E-state index is 0.107. The predicted octanol–water partition coefficient (Wildman–Crippen LogP) is 7.38. The molecule has 3 rings (SSSR count). The van der Waals surface area contributed by atoms with Crippen LogP contribution in [0.15, 0.2) is 66.5 Å². The number of Topliss-reactive ketones (excluding diaryl/α,β-unsaturated/α-hetero) is 1. The van der Waals surface area contributed by atoms with Gasteiger partial charge < -0.3 is 5.11 Å². The van der Waals surface area contributed by atoms with Crippen molar-refractivity contribution in [3.63, 3.8) is 0 Å². The lowest BCUT2D eigenvalue weighted by Crippen LogP contribution is -2.17. The second kappa shape index (κ2) is 10.8. The van der Waals surface area contributed by atoms with Gasteiger partial charge in [-0.3, -0.25) is 9.78 Å². The second-order valence-electron chi connectivity index (χ2n) is 8.50. The van der Waals surface area contributed by atoms with E-state index in [1.165, 1.54) is 16.9 Å². The van der Waals surface area contributed by atoms with Gasteiger partial charge in [0.2, 0.25) is 5.78 Å². The van der Waals surface area contributed by atoms with E-state index in [1.807, 2.05) is 25.1 Å². The summed E-state index contributed by atoms with van der Waals surface area (Å²) in [4.78, 5) is 19.7. The first-order valence-corrected chi connectivity index (χ1v) is 12.2. The van der Waals surface area contributed by atoms with Crippen molar-refractivity contribution in [2.24, 2.45) is 5.92 Å². The highest BCUT2D eigenvalue weighted by molar-refractivity contribution is 7.14. The van der Waals surface area contributed by atoms with Gasteiger partial charge in [-0.1, -0.05) is 58.0 Å². The number of rotatable bonds is 9. The Labute approximate surface area is 195 Å². The van der Waals surface area contributed by atoms with Crippen LogP contribution < -0.4 is 0 Å². The number of allylic oxidation sites excluding steroid dienone is 1. The highest BCUT2D eigenvalue weighted by atomic mass is 32.1. The van der Waals surface area contributed by atoms with E-state index in [1.54, 1.807) is 18.5 Å². The smallest absolute Gasteiger partial charge is 0.202 e. The normalized spacial score (nSPS) is 15.1. The summed E-state index contributed by atoms with van der Waals surface area (Å²) in [5, 5.41) is 11.5. The van der Waals surface area contributed by atoms with E-state index in [2.05, 4.69) is 56.9 Å². The maximum absolute atomic E-state index is 13.8. The zero-order chi connectivity index (χ0) is 23.3. The number of hydrogen-bond donors (Lipinski definition) is 1. The summed E-state index contributed by atoms with van der Waals surface area (Å²) in [6.45, 7) is 10.6. The maximum Gasteiger partial charge on any atom is 0.202 e. The Morgan fingerprint density at radius 1 is 1.00 bits per heavy atom. The molecule has 2 heterocycles. The first-order valence-electron chi connectivity index (χ1n) is 11.4. The van der Waals surface area contributed by atoms with Crippen LogP contribution in [0, 0.1) is 12.8 Å². The molecule has 0 saturated carbocycles. The highest BCUT2D eigenvalue weighted by Crippen LogP contribution is 2.38. The Morgan fingerprint density at radius 2 is 1.72 bits per heavy atom. The first kappa shape index (κ1) is 24.1. The number of carbonyl (C=O) groups is 1. The van der Waals surface area contributed by atoms with Gasteiger partial charge in [0.05, 0.1) is 4.88 Å². The molecule has 0 bridgehead atoms. The van der Waals surface area contributed by atoms with Crippen LogP contribution in [0.3, 0.4) is 0 Å². The standard InChI is InChI=1S/C28H33NO2S/c1-6-18(3)21-11-13-22(14-12-21)25(19(4)7-2)26(27(30)23-9-8-16-29-17-23)28(31)24-15-10-20(5)32-24/h8-19,27,30H,6-7H2,1-5H3/b26-25+. The van der Waals surface area contributed by atoms with Crippen LogP contribution in [-0.4, -0.2) is 15.9 Å². The lowest BCUT2D eigenvalue weighted by molar-refractivity contribution is 0.0991. The number of aliphatic hydroxyl groups excluding tert-OH is 1. The summed E-state index contributed by atoms with van der Waals surface area (Å²) in [5.74, 6) is 0.479. The van der Waals surface area contributed by atoms with Gasteiger partial charge in [-0.25, -0.2) is 0 Å². The highest BCUT2D eigenvalue weighted by Gasteiger charge is 2.29. The second-order valence-corrected chi connectivity index (χ2v) is 9.78. The number of aryl methyl sites for hydroxylation is 1. The van der Waals surface area contributed by atoms with Crippen molar-refractivity contribution in [1.82, 2.24) is 4.98 Å². The molecule has 3 unspecified atom stereocenters. The fourth-order valence-corrected chi connectivity index (χ4v) is 4.75. The summed E-state index contributed by atoms with van der Waals surface area (Å²) in [6, 6.07) is 15.9. The molecule has 3 atom stereocenters. The third-order valence-electron chi connectivity index (χ3n) is 6.28. The van der Waals surface area contributed by atoms with Crippen LogP contribution in [0.4, 0.5) is 0 Å². The van der Waals surface area contributed by atoms with Gasteiger partial charge in [0.15, 0.2) is 0 Å². The molecule has 0 aliphatic carbocycles. The Hall–Kier alpha value is -2.56.